The van der Waals surface area contributed by atoms with Gasteiger partial charge in [-0.3, -0.25) is 14.1 Å². The number of benzene rings is 8. The SMILES string of the molecule is c1ccc(-n2c3ccccc3c3ccc4c5ccccc5n(-c5cncc(-n6c7ccccc7c7ccc8c9ccccc9n(-c9ccccc9)c8c76)n5)c4c32)cc1. The molecular weight excluding hydrogens is 709 g/mol. The van der Waals surface area contributed by atoms with Crippen molar-refractivity contribution in [3.63, 3.8) is 0 Å². The molecule has 5 heterocycles. The average molecular weight is 741 g/mol. The fraction of sp³-hybridized carbons (Fsp3) is 0. The molecule has 5 aromatic heterocycles. The first kappa shape index (κ1) is 31.3. The van der Waals surface area contributed by atoms with Crippen molar-refractivity contribution in [3.8, 4) is 23.0 Å². The molecule has 13 aromatic rings. The number of fused-ring (bicyclic) bond motifs is 14. The van der Waals surface area contributed by atoms with Crippen LogP contribution in [0.5, 0.6) is 0 Å². The maximum absolute atomic E-state index is 5.63. The van der Waals surface area contributed by atoms with Gasteiger partial charge < -0.3 is 9.13 Å². The highest BCUT2D eigenvalue weighted by atomic mass is 15.2. The summed E-state index contributed by atoms with van der Waals surface area (Å²) >= 11 is 0. The largest absolute Gasteiger partial charge is 0.307 e. The summed E-state index contributed by atoms with van der Waals surface area (Å²) in [5, 5.41) is 9.48. The topological polar surface area (TPSA) is 45.5 Å². The lowest BCUT2D eigenvalue weighted by Gasteiger charge is -2.14. The second-order valence-electron chi connectivity index (χ2n) is 15.0. The van der Waals surface area contributed by atoms with Crippen LogP contribution in [0.3, 0.4) is 0 Å². The van der Waals surface area contributed by atoms with E-state index in [1.165, 1.54) is 43.1 Å². The van der Waals surface area contributed by atoms with E-state index in [2.05, 4.69) is 200 Å². The van der Waals surface area contributed by atoms with Crippen LogP contribution in [0.25, 0.3) is 110 Å². The molecule has 0 spiro atoms. The molecule has 6 nitrogen and oxygen atoms in total. The van der Waals surface area contributed by atoms with Crippen LogP contribution in [0.15, 0.2) is 194 Å². The van der Waals surface area contributed by atoms with E-state index < -0.39 is 0 Å². The molecule has 0 aliphatic heterocycles. The van der Waals surface area contributed by atoms with Gasteiger partial charge in [0.1, 0.15) is 0 Å². The zero-order chi connectivity index (χ0) is 37.9. The summed E-state index contributed by atoms with van der Waals surface area (Å²) in [5.74, 6) is 1.51. The van der Waals surface area contributed by atoms with E-state index in [1.54, 1.807) is 0 Å². The van der Waals surface area contributed by atoms with Crippen LogP contribution in [0.2, 0.25) is 0 Å². The Morgan fingerprint density at radius 1 is 0.259 bits per heavy atom. The predicted octanol–water partition coefficient (Wildman–Crippen LogP) is 12.9. The summed E-state index contributed by atoms with van der Waals surface area (Å²) in [5.41, 5.74) is 11.2. The Bertz CT molecular complexity index is 3540. The van der Waals surface area contributed by atoms with Crippen LogP contribution < -0.4 is 0 Å². The van der Waals surface area contributed by atoms with Crippen molar-refractivity contribution in [1.29, 1.82) is 0 Å². The fourth-order valence-electron chi connectivity index (χ4n) is 9.73. The first-order valence-corrected chi connectivity index (χ1v) is 19.7. The van der Waals surface area contributed by atoms with Gasteiger partial charge in [-0.2, -0.15) is 0 Å². The van der Waals surface area contributed by atoms with E-state index in [4.69, 9.17) is 9.97 Å². The second kappa shape index (κ2) is 11.8. The second-order valence-corrected chi connectivity index (χ2v) is 15.0. The third kappa shape index (κ3) is 4.15. The zero-order valence-electron chi connectivity index (χ0n) is 31.2. The Morgan fingerprint density at radius 2 is 0.552 bits per heavy atom. The quantitative estimate of drug-likeness (QED) is 0.180. The maximum Gasteiger partial charge on any atom is 0.158 e. The van der Waals surface area contributed by atoms with Crippen LogP contribution in [0.1, 0.15) is 0 Å². The summed E-state index contributed by atoms with van der Waals surface area (Å²) in [7, 11) is 0. The smallest absolute Gasteiger partial charge is 0.158 e. The lowest BCUT2D eigenvalue weighted by molar-refractivity contribution is 0.979. The van der Waals surface area contributed by atoms with E-state index in [1.807, 2.05) is 12.4 Å². The maximum atomic E-state index is 5.63. The molecule has 0 aliphatic rings. The number of rotatable bonds is 4. The first-order valence-electron chi connectivity index (χ1n) is 19.7. The molecule has 0 atom stereocenters. The normalized spacial score (nSPS) is 12.1. The zero-order valence-corrected chi connectivity index (χ0v) is 31.2. The molecule has 8 aromatic carbocycles. The fourth-order valence-corrected chi connectivity index (χ4v) is 9.73. The van der Waals surface area contributed by atoms with Crippen molar-refractivity contribution in [1.82, 2.24) is 28.2 Å². The number of para-hydroxylation sites is 6. The highest BCUT2D eigenvalue weighted by molar-refractivity contribution is 6.25. The van der Waals surface area contributed by atoms with Gasteiger partial charge in [-0.05, 0) is 48.5 Å². The van der Waals surface area contributed by atoms with Crippen molar-refractivity contribution < 1.29 is 0 Å². The molecule has 0 saturated carbocycles. The van der Waals surface area contributed by atoms with Crippen LogP contribution in [-0.4, -0.2) is 28.2 Å². The van der Waals surface area contributed by atoms with Gasteiger partial charge in [0, 0.05) is 54.5 Å². The molecular formula is C52H32N6. The predicted molar refractivity (Wildman–Crippen MR) is 239 cm³/mol. The summed E-state index contributed by atoms with van der Waals surface area (Å²) in [6.45, 7) is 0. The first-order chi connectivity index (χ1) is 28.8. The van der Waals surface area contributed by atoms with E-state index in [-0.39, 0.29) is 0 Å². The van der Waals surface area contributed by atoms with Gasteiger partial charge in [-0.25, -0.2) is 4.98 Å². The van der Waals surface area contributed by atoms with Crippen LogP contribution in [0, 0.1) is 0 Å². The Morgan fingerprint density at radius 3 is 0.914 bits per heavy atom. The lowest BCUT2D eigenvalue weighted by atomic mass is 10.1. The minimum atomic E-state index is 0.753. The highest BCUT2D eigenvalue weighted by Gasteiger charge is 2.24. The molecule has 0 saturated heterocycles. The third-order valence-corrected chi connectivity index (χ3v) is 12.0. The molecule has 13 rings (SSSR count). The van der Waals surface area contributed by atoms with Crippen LogP contribution in [-0.2, 0) is 0 Å². The Hall–Kier alpha value is -7.96. The number of nitrogens with zero attached hydrogens (tertiary/aromatic N) is 6. The Labute approximate surface area is 331 Å². The molecule has 0 bridgehead atoms. The molecule has 6 heteroatoms. The summed E-state index contributed by atoms with van der Waals surface area (Å²) < 4.78 is 9.47. The van der Waals surface area contributed by atoms with Crippen LogP contribution in [0.4, 0.5) is 0 Å². The molecule has 58 heavy (non-hydrogen) atoms. The molecule has 270 valence electrons. The van der Waals surface area contributed by atoms with Gasteiger partial charge in [0.25, 0.3) is 0 Å². The Kier molecular flexibility index (Phi) is 6.35. The van der Waals surface area contributed by atoms with Crippen molar-refractivity contribution in [2.45, 2.75) is 0 Å². The minimum absolute atomic E-state index is 0.753. The van der Waals surface area contributed by atoms with Gasteiger partial charge in [-0.15, -0.1) is 0 Å². The summed E-state index contributed by atoms with van der Waals surface area (Å²) in [4.78, 5) is 10.6. The third-order valence-electron chi connectivity index (χ3n) is 12.0. The van der Waals surface area contributed by atoms with E-state index in [9.17, 15) is 0 Å². The van der Waals surface area contributed by atoms with Gasteiger partial charge in [0.05, 0.1) is 56.5 Å². The molecule has 0 N–H and O–H groups in total. The van der Waals surface area contributed by atoms with E-state index in [0.29, 0.717) is 0 Å². The molecule has 0 amide bonds. The number of hydrogen-bond acceptors (Lipinski definition) is 2. The molecule has 0 unspecified atom stereocenters. The van der Waals surface area contributed by atoms with Crippen molar-refractivity contribution in [2.75, 3.05) is 0 Å². The minimum Gasteiger partial charge on any atom is -0.307 e. The van der Waals surface area contributed by atoms with Crippen molar-refractivity contribution >= 4 is 87.2 Å². The van der Waals surface area contributed by atoms with Crippen LogP contribution >= 0.6 is 0 Å². The number of hydrogen-bond donors (Lipinski definition) is 0. The molecule has 0 fully saturated rings. The molecule has 0 aliphatic carbocycles. The summed E-state index contributed by atoms with van der Waals surface area (Å²) in [6, 6.07) is 65.2. The van der Waals surface area contributed by atoms with Gasteiger partial charge in [0.2, 0.25) is 0 Å². The number of aromatic nitrogens is 6. The van der Waals surface area contributed by atoms with Gasteiger partial charge in [-0.1, -0.05) is 133 Å². The summed E-state index contributed by atoms with van der Waals surface area (Å²) in [6.07, 6.45) is 3.82. The monoisotopic (exact) mass is 740 g/mol. The van der Waals surface area contributed by atoms with E-state index in [0.717, 1.165) is 67.1 Å². The lowest BCUT2D eigenvalue weighted by Crippen LogP contribution is -2.06. The average Bonchev–Trinajstić information content (AvgIpc) is 4.02. The highest BCUT2D eigenvalue weighted by Crippen LogP contribution is 2.43. The molecule has 0 radical (unpaired) electrons. The van der Waals surface area contributed by atoms with Crippen molar-refractivity contribution in [3.05, 3.63) is 194 Å². The van der Waals surface area contributed by atoms with Crippen molar-refractivity contribution in [2.24, 2.45) is 0 Å². The Balaban J connectivity index is 1.17. The standard InChI is InChI=1S/C52H32N6/c1-3-15-33(16-4-1)55-43-23-11-7-19-35(43)39-27-29-41-37-21-9-13-25-45(37)57(51(41)49(39)55)47-31-53-32-48(54-47)58-46-26-14-10-22-38(46)42-30-28-40-36-20-8-12-24-44(36)56(50(40)52(42)58)34-17-5-2-6-18-34/h1-32H. The van der Waals surface area contributed by atoms with E-state index >= 15 is 0 Å². The van der Waals surface area contributed by atoms with Gasteiger partial charge >= 0.3 is 0 Å². The van der Waals surface area contributed by atoms with Gasteiger partial charge in [0.15, 0.2) is 11.6 Å².